The zero-order valence-electron chi connectivity index (χ0n) is 14.9. The highest BCUT2D eigenvalue weighted by Gasteiger charge is 2.28. The number of benzene rings is 2. The first-order valence-electron chi connectivity index (χ1n) is 8.89. The molecular weight excluding hydrogens is 402 g/mol. The van der Waals surface area contributed by atoms with E-state index in [2.05, 4.69) is 0 Å². The number of halogens is 1. The second kappa shape index (κ2) is 7.58. The van der Waals surface area contributed by atoms with Crippen molar-refractivity contribution < 1.29 is 22.4 Å². The number of rotatable bonds is 5. The zero-order chi connectivity index (χ0) is 19.7. The van der Waals surface area contributed by atoms with Crippen LogP contribution in [-0.4, -0.2) is 31.8 Å². The third-order valence-corrected chi connectivity index (χ3v) is 6.91. The normalized spacial score (nSPS) is 15.2. The smallest absolute Gasteiger partial charge is 0.340 e. The fourth-order valence-corrected chi connectivity index (χ4v) is 4.96. The Kier molecular flexibility index (Phi) is 5.14. The van der Waals surface area contributed by atoms with Crippen LogP contribution in [0, 0.1) is 0 Å². The Morgan fingerprint density at radius 3 is 2.61 bits per heavy atom. The minimum atomic E-state index is -3.65. The maximum absolute atomic E-state index is 12.7. The Morgan fingerprint density at radius 1 is 1.11 bits per heavy atom. The lowest BCUT2D eigenvalue weighted by Gasteiger charge is -2.16. The fourth-order valence-electron chi connectivity index (χ4n) is 3.22. The van der Waals surface area contributed by atoms with Crippen LogP contribution in [0.1, 0.15) is 29.0 Å². The summed E-state index contributed by atoms with van der Waals surface area (Å²) < 4.78 is 37.8. The quantitative estimate of drug-likeness (QED) is 0.578. The van der Waals surface area contributed by atoms with Gasteiger partial charge in [-0.2, -0.15) is 4.31 Å². The predicted octanol–water partition coefficient (Wildman–Crippen LogP) is 4.23. The SMILES string of the molecule is O=C(OCc1cc2ccccc2o1)c1cc(S(=O)(=O)N2CCCC2)ccc1Cl. The molecule has 0 amide bonds. The molecule has 0 aliphatic carbocycles. The first kappa shape index (κ1) is 19.0. The summed E-state index contributed by atoms with van der Waals surface area (Å²) in [5, 5.41) is 1.04. The Morgan fingerprint density at radius 2 is 1.86 bits per heavy atom. The van der Waals surface area contributed by atoms with Gasteiger partial charge in [0.2, 0.25) is 10.0 Å². The molecule has 2 aromatic carbocycles. The largest absolute Gasteiger partial charge is 0.457 e. The van der Waals surface area contributed by atoms with Crippen LogP contribution in [0.4, 0.5) is 0 Å². The van der Waals surface area contributed by atoms with Crippen LogP contribution in [0.25, 0.3) is 11.0 Å². The highest BCUT2D eigenvalue weighted by molar-refractivity contribution is 7.89. The molecule has 0 radical (unpaired) electrons. The molecule has 1 saturated heterocycles. The molecule has 8 heteroatoms. The van der Waals surface area contributed by atoms with Crippen LogP contribution < -0.4 is 0 Å². The van der Waals surface area contributed by atoms with Gasteiger partial charge in [0.15, 0.2) is 0 Å². The predicted molar refractivity (Wildman–Crippen MR) is 105 cm³/mol. The van der Waals surface area contributed by atoms with Crippen molar-refractivity contribution in [3.8, 4) is 0 Å². The van der Waals surface area contributed by atoms with Gasteiger partial charge in [0, 0.05) is 18.5 Å². The van der Waals surface area contributed by atoms with E-state index >= 15 is 0 Å². The van der Waals surface area contributed by atoms with E-state index in [9.17, 15) is 13.2 Å². The van der Waals surface area contributed by atoms with Crippen LogP contribution in [0.3, 0.4) is 0 Å². The number of furan rings is 1. The van der Waals surface area contributed by atoms with Crippen molar-refractivity contribution in [1.82, 2.24) is 4.31 Å². The second-order valence-electron chi connectivity index (χ2n) is 6.58. The number of hydrogen-bond acceptors (Lipinski definition) is 5. The third kappa shape index (κ3) is 3.65. The van der Waals surface area contributed by atoms with Gasteiger partial charge in [0.25, 0.3) is 0 Å². The van der Waals surface area contributed by atoms with Crippen molar-refractivity contribution in [2.75, 3.05) is 13.1 Å². The molecule has 2 heterocycles. The maximum atomic E-state index is 12.7. The van der Waals surface area contributed by atoms with E-state index < -0.39 is 16.0 Å². The third-order valence-electron chi connectivity index (χ3n) is 4.68. The minimum Gasteiger partial charge on any atom is -0.457 e. The van der Waals surface area contributed by atoms with Crippen LogP contribution in [0.15, 0.2) is 57.8 Å². The van der Waals surface area contributed by atoms with Crippen molar-refractivity contribution in [1.29, 1.82) is 0 Å². The van der Waals surface area contributed by atoms with Crippen LogP contribution in [0.2, 0.25) is 5.02 Å². The summed E-state index contributed by atoms with van der Waals surface area (Å²) in [7, 11) is -3.65. The molecule has 1 fully saturated rings. The molecule has 0 bridgehead atoms. The number of ether oxygens (including phenoxy) is 1. The van der Waals surface area contributed by atoms with Crippen molar-refractivity contribution >= 4 is 38.6 Å². The Balaban J connectivity index is 1.53. The lowest BCUT2D eigenvalue weighted by Crippen LogP contribution is -2.28. The van der Waals surface area contributed by atoms with E-state index in [1.165, 1.54) is 22.5 Å². The standard InChI is InChI=1S/C20H18ClNO5S/c21-18-8-7-16(28(24,25)22-9-3-4-10-22)12-17(18)20(23)26-13-15-11-14-5-1-2-6-19(14)27-15/h1-2,5-8,11-12H,3-4,9-10,13H2. The number of esters is 1. The minimum absolute atomic E-state index is 0.0121. The van der Waals surface area contributed by atoms with Crippen LogP contribution in [0.5, 0.6) is 0 Å². The van der Waals surface area contributed by atoms with Crippen molar-refractivity contribution in [3.05, 3.63) is 64.9 Å². The molecule has 3 aromatic rings. The average Bonchev–Trinajstić information content (AvgIpc) is 3.36. The summed E-state index contributed by atoms with van der Waals surface area (Å²) >= 11 is 6.11. The van der Waals surface area contributed by atoms with Gasteiger partial charge in [-0.15, -0.1) is 0 Å². The van der Waals surface area contributed by atoms with Gasteiger partial charge < -0.3 is 9.15 Å². The first-order chi connectivity index (χ1) is 13.4. The van der Waals surface area contributed by atoms with E-state index in [0.717, 1.165) is 18.2 Å². The van der Waals surface area contributed by atoms with Gasteiger partial charge in [0.05, 0.1) is 15.5 Å². The Bertz CT molecular complexity index is 1100. The fraction of sp³-hybridized carbons (Fsp3) is 0.250. The number of para-hydroxylation sites is 1. The number of carbonyl (C=O) groups is 1. The van der Waals surface area contributed by atoms with Gasteiger partial charge in [-0.25, -0.2) is 13.2 Å². The van der Waals surface area contributed by atoms with E-state index in [0.29, 0.717) is 24.4 Å². The molecule has 0 atom stereocenters. The van der Waals surface area contributed by atoms with Crippen molar-refractivity contribution in [3.63, 3.8) is 0 Å². The second-order valence-corrected chi connectivity index (χ2v) is 8.92. The molecule has 1 aliphatic rings. The molecule has 28 heavy (non-hydrogen) atoms. The van der Waals surface area contributed by atoms with Gasteiger partial charge in [-0.1, -0.05) is 29.8 Å². The van der Waals surface area contributed by atoms with E-state index in [-0.39, 0.29) is 22.1 Å². The molecule has 0 unspecified atom stereocenters. The maximum Gasteiger partial charge on any atom is 0.340 e. The molecule has 1 aromatic heterocycles. The number of carbonyl (C=O) groups excluding carboxylic acids is 1. The molecular formula is C20H18ClNO5S. The monoisotopic (exact) mass is 419 g/mol. The molecule has 146 valence electrons. The Hall–Kier alpha value is -2.35. The molecule has 0 N–H and O–H groups in total. The van der Waals surface area contributed by atoms with Gasteiger partial charge in [-0.05, 0) is 43.2 Å². The number of sulfonamides is 1. The average molecular weight is 420 g/mol. The van der Waals surface area contributed by atoms with Crippen molar-refractivity contribution in [2.24, 2.45) is 0 Å². The lowest BCUT2D eigenvalue weighted by atomic mass is 10.2. The summed E-state index contributed by atoms with van der Waals surface area (Å²) in [6.07, 6.45) is 1.67. The number of hydrogen-bond donors (Lipinski definition) is 0. The summed E-state index contributed by atoms with van der Waals surface area (Å²) in [5.41, 5.74) is 0.711. The van der Waals surface area contributed by atoms with E-state index in [1.807, 2.05) is 24.3 Å². The van der Waals surface area contributed by atoms with Gasteiger partial charge in [0.1, 0.15) is 18.0 Å². The van der Waals surface area contributed by atoms with Gasteiger partial charge in [-0.3, -0.25) is 0 Å². The lowest BCUT2D eigenvalue weighted by molar-refractivity contribution is 0.0447. The van der Waals surface area contributed by atoms with E-state index in [1.54, 1.807) is 6.07 Å². The van der Waals surface area contributed by atoms with Gasteiger partial charge >= 0.3 is 5.97 Å². The molecule has 0 spiro atoms. The number of nitrogens with zero attached hydrogens (tertiary/aromatic N) is 1. The summed E-state index contributed by atoms with van der Waals surface area (Å²) in [6.45, 7) is 0.889. The first-order valence-corrected chi connectivity index (χ1v) is 10.7. The molecule has 0 saturated carbocycles. The zero-order valence-corrected chi connectivity index (χ0v) is 16.5. The molecule has 6 nitrogen and oxygen atoms in total. The summed E-state index contributed by atoms with van der Waals surface area (Å²) in [5.74, 6) is -0.213. The van der Waals surface area contributed by atoms with E-state index in [4.69, 9.17) is 20.8 Å². The molecule has 1 aliphatic heterocycles. The highest BCUT2D eigenvalue weighted by Crippen LogP contribution is 2.26. The molecule has 4 rings (SSSR count). The summed E-state index contributed by atoms with van der Waals surface area (Å²) in [4.78, 5) is 12.5. The van der Waals surface area contributed by atoms with Crippen molar-refractivity contribution in [2.45, 2.75) is 24.3 Å². The topological polar surface area (TPSA) is 76.8 Å². The highest BCUT2D eigenvalue weighted by atomic mass is 35.5. The van der Waals surface area contributed by atoms with Crippen LogP contribution in [-0.2, 0) is 21.4 Å². The Labute approximate surface area is 167 Å². The summed E-state index contributed by atoms with van der Waals surface area (Å²) in [6, 6.07) is 13.3. The van der Waals surface area contributed by atoms with Crippen LogP contribution >= 0.6 is 11.6 Å². The number of fused-ring (bicyclic) bond motifs is 1.